The number of hydrogen-bond donors (Lipinski definition) is 3. The Kier molecular flexibility index (Phi) is 4.78. The number of urea groups is 1. The average Bonchev–Trinajstić information content (AvgIpc) is 2.48. The predicted molar refractivity (Wildman–Crippen MR) is 72.6 cm³/mol. The lowest BCUT2D eigenvalue weighted by Gasteiger charge is -2.13. The Balaban J connectivity index is 1.86. The lowest BCUT2D eigenvalue weighted by atomic mass is 10.1. The molecule has 3 N–H and O–H groups in total. The smallest absolute Gasteiger partial charge is 0.319 e. The molecule has 2 amide bonds. The summed E-state index contributed by atoms with van der Waals surface area (Å²) in [6.07, 6.45) is 1.33. The number of halogens is 2. The highest BCUT2D eigenvalue weighted by Crippen LogP contribution is 2.13. The molecule has 0 fully saturated rings. The lowest BCUT2D eigenvalue weighted by molar-refractivity contribution is 0.175. The van der Waals surface area contributed by atoms with Gasteiger partial charge >= 0.3 is 6.03 Å². The van der Waals surface area contributed by atoms with Crippen molar-refractivity contribution >= 4 is 11.7 Å². The summed E-state index contributed by atoms with van der Waals surface area (Å²) in [4.78, 5) is 15.1. The van der Waals surface area contributed by atoms with Crippen molar-refractivity contribution in [2.24, 2.45) is 0 Å². The molecule has 0 saturated carbocycles. The summed E-state index contributed by atoms with van der Waals surface area (Å²) in [5.41, 5.74) is 0.450. The first-order valence-electron chi connectivity index (χ1n) is 6.14. The third-order valence-corrected chi connectivity index (χ3v) is 2.73. The highest BCUT2D eigenvalue weighted by molar-refractivity contribution is 5.89. The van der Waals surface area contributed by atoms with Crippen LogP contribution in [0.2, 0.25) is 0 Å². The van der Waals surface area contributed by atoms with Crippen LogP contribution in [0.1, 0.15) is 11.7 Å². The molecular formula is C14H13F2N3O2. The third kappa shape index (κ3) is 4.22. The van der Waals surface area contributed by atoms with Crippen LogP contribution >= 0.6 is 0 Å². The highest BCUT2D eigenvalue weighted by atomic mass is 19.1. The molecule has 1 heterocycles. The zero-order chi connectivity index (χ0) is 15.2. The van der Waals surface area contributed by atoms with Gasteiger partial charge in [-0.05, 0) is 23.8 Å². The number of pyridine rings is 1. The maximum atomic E-state index is 13.3. The van der Waals surface area contributed by atoms with Gasteiger partial charge in [-0.25, -0.2) is 13.6 Å². The number of aliphatic hydroxyl groups excluding tert-OH is 1. The normalized spacial score (nSPS) is 11.8. The summed E-state index contributed by atoms with van der Waals surface area (Å²) in [6.45, 7) is -0.0931. The first-order chi connectivity index (χ1) is 10.1. The molecule has 2 aromatic rings. The molecule has 1 aromatic heterocycles. The van der Waals surface area contributed by atoms with Gasteiger partial charge < -0.3 is 15.7 Å². The number of anilines is 1. The van der Waals surface area contributed by atoms with E-state index in [2.05, 4.69) is 15.6 Å². The molecule has 0 aliphatic rings. The van der Waals surface area contributed by atoms with Gasteiger partial charge in [0.05, 0.1) is 18.0 Å². The van der Waals surface area contributed by atoms with Gasteiger partial charge in [-0.3, -0.25) is 4.98 Å². The van der Waals surface area contributed by atoms with Gasteiger partial charge in [0.1, 0.15) is 5.82 Å². The van der Waals surface area contributed by atoms with E-state index in [0.717, 1.165) is 6.20 Å². The number of nitrogens with one attached hydrogen (secondary N) is 2. The molecule has 1 aromatic carbocycles. The van der Waals surface area contributed by atoms with E-state index in [4.69, 9.17) is 0 Å². The van der Waals surface area contributed by atoms with Crippen LogP contribution in [0.15, 0.2) is 42.7 Å². The van der Waals surface area contributed by atoms with Crippen molar-refractivity contribution in [2.45, 2.75) is 6.10 Å². The van der Waals surface area contributed by atoms with E-state index in [1.165, 1.54) is 36.5 Å². The van der Waals surface area contributed by atoms with Gasteiger partial charge in [-0.1, -0.05) is 12.1 Å². The molecule has 21 heavy (non-hydrogen) atoms. The molecule has 0 bridgehead atoms. The van der Waals surface area contributed by atoms with Crippen molar-refractivity contribution < 1.29 is 18.7 Å². The summed E-state index contributed by atoms with van der Waals surface area (Å²) < 4.78 is 26.0. The van der Waals surface area contributed by atoms with Gasteiger partial charge in [0.2, 0.25) is 0 Å². The minimum absolute atomic E-state index is 0.0150. The van der Waals surface area contributed by atoms with Crippen LogP contribution in [0.4, 0.5) is 19.3 Å². The molecule has 1 atom stereocenters. The standard InChI is InChI=1S/C14H13F2N3O2/c15-10-3-1-9(2-4-10)13(20)8-18-14(21)19-12-5-6-17-7-11(12)16/h1-7,13,20H,8H2,(H2,17,18,19,21)/t13-/m1/s1. The summed E-state index contributed by atoms with van der Waals surface area (Å²) in [6, 6.07) is 5.91. The van der Waals surface area contributed by atoms with Crippen LogP contribution in [-0.4, -0.2) is 22.7 Å². The molecule has 2 rings (SSSR count). The van der Waals surface area contributed by atoms with E-state index in [-0.39, 0.29) is 12.2 Å². The number of carbonyl (C=O) groups is 1. The van der Waals surface area contributed by atoms with Crippen molar-refractivity contribution in [1.29, 1.82) is 0 Å². The average molecular weight is 293 g/mol. The predicted octanol–water partition coefficient (Wildman–Crippen LogP) is 2.21. The van der Waals surface area contributed by atoms with Crippen molar-refractivity contribution in [2.75, 3.05) is 11.9 Å². The van der Waals surface area contributed by atoms with E-state index in [1.807, 2.05) is 0 Å². The molecule has 0 aliphatic carbocycles. The minimum Gasteiger partial charge on any atom is -0.387 e. The molecule has 0 saturated heterocycles. The summed E-state index contributed by atoms with van der Waals surface area (Å²) in [5, 5.41) is 14.5. The molecule has 7 heteroatoms. The number of nitrogens with zero attached hydrogens (tertiary/aromatic N) is 1. The van der Waals surface area contributed by atoms with Crippen LogP contribution in [-0.2, 0) is 0 Å². The molecule has 0 radical (unpaired) electrons. The van der Waals surface area contributed by atoms with Crippen LogP contribution in [0, 0.1) is 11.6 Å². The van der Waals surface area contributed by atoms with Crippen LogP contribution in [0.25, 0.3) is 0 Å². The summed E-state index contributed by atoms with van der Waals surface area (Å²) >= 11 is 0. The Labute approximate surface area is 119 Å². The summed E-state index contributed by atoms with van der Waals surface area (Å²) in [7, 11) is 0. The Hall–Kier alpha value is -2.54. The molecule has 0 aliphatic heterocycles. The maximum Gasteiger partial charge on any atom is 0.319 e. The zero-order valence-corrected chi connectivity index (χ0v) is 10.9. The van der Waals surface area contributed by atoms with Crippen molar-refractivity contribution in [1.82, 2.24) is 10.3 Å². The zero-order valence-electron chi connectivity index (χ0n) is 10.9. The van der Waals surface area contributed by atoms with Crippen LogP contribution in [0.5, 0.6) is 0 Å². The summed E-state index contributed by atoms with van der Waals surface area (Å²) in [5.74, 6) is -1.07. The third-order valence-electron chi connectivity index (χ3n) is 2.73. The fraction of sp³-hybridized carbons (Fsp3) is 0.143. The Morgan fingerprint density at radius 3 is 2.62 bits per heavy atom. The Bertz CT molecular complexity index is 620. The quantitative estimate of drug-likeness (QED) is 0.809. The fourth-order valence-corrected chi connectivity index (χ4v) is 1.64. The lowest BCUT2D eigenvalue weighted by Crippen LogP contribution is -2.32. The minimum atomic E-state index is -0.987. The molecular weight excluding hydrogens is 280 g/mol. The SMILES string of the molecule is O=C(NC[C@@H](O)c1ccc(F)cc1)Nc1ccncc1F. The number of hydrogen-bond acceptors (Lipinski definition) is 3. The molecule has 5 nitrogen and oxygen atoms in total. The van der Waals surface area contributed by atoms with Gasteiger partial charge in [0.15, 0.2) is 5.82 Å². The van der Waals surface area contributed by atoms with Crippen molar-refractivity contribution in [3.8, 4) is 0 Å². The second-order valence-electron chi connectivity index (χ2n) is 4.26. The first kappa shape index (κ1) is 14.9. The number of benzene rings is 1. The second-order valence-corrected chi connectivity index (χ2v) is 4.26. The number of carbonyl (C=O) groups excluding carboxylic acids is 1. The largest absolute Gasteiger partial charge is 0.387 e. The van der Waals surface area contributed by atoms with E-state index in [0.29, 0.717) is 5.56 Å². The molecule has 0 unspecified atom stereocenters. The van der Waals surface area contributed by atoms with Crippen LogP contribution < -0.4 is 10.6 Å². The van der Waals surface area contributed by atoms with Crippen molar-refractivity contribution in [3.05, 3.63) is 59.9 Å². The van der Waals surface area contributed by atoms with Gasteiger partial charge in [0.25, 0.3) is 0 Å². The van der Waals surface area contributed by atoms with Gasteiger partial charge in [-0.15, -0.1) is 0 Å². The first-order valence-corrected chi connectivity index (χ1v) is 6.14. The maximum absolute atomic E-state index is 13.3. The number of rotatable bonds is 4. The Morgan fingerprint density at radius 2 is 1.95 bits per heavy atom. The van der Waals surface area contributed by atoms with Crippen molar-refractivity contribution in [3.63, 3.8) is 0 Å². The van der Waals surface area contributed by atoms with E-state index in [9.17, 15) is 18.7 Å². The Morgan fingerprint density at radius 1 is 1.24 bits per heavy atom. The fourth-order valence-electron chi connectivity index (χ4n) is 1.64. The van der Waals surface area contributed by atoms with Gasteiger partial charge in [-0.2, -0.15) is 0 Å². The topological polar surface area (TPSA) is 74.2 Å². The number of aromatic nitrogens is 1. The highest BCUT2D eigenvalue weighted by Gasteiger charge is 2.11. The molecule has 110 valence electrons. The number of amides is 2. The van der Waals surface area contributed by atoms with Crippen LogP contribution in [0.3, 0.4) is 0 Å². The van der Waals surface area contributed by atoms with E-state index < -0.39 is 23.8 Å². The second kappa shape index (κ2) is 6.76. The monoisotopic (exact) mass is 293 g/mol. The number of aliphatic hydroxyl groups is 1. The molecule has 0 spiro atoms. The van der Waals surface area contributed by atoms with Gasteiger partial charge in [0, 0.05) is 12.7 Å². The van der Waals surface area contributed by atoms with E-state index in [1.54, 1.807) is 0 Å². The van der Waals surface area contributed by atoms with E-state index >= 15 is 0 Å².